The van der Waals surface area contributed by atoms with E-state index >= 15 is 0 Å². The number of carbonyl (C=O) groups is 2. The molecule has 2 aliphatic heterocycles. The van der Waals surface area contributed by atoms with Gasteiger partial charge in [-0.25, -0.2) is 4.79 Å². The molecule has 5 N–H and O–H groups in total. The molecule has 6 aliphatic rings. The fourth-order valence-corrected chi connectivity index (χ4v) is 11.4. The maximum Gasteiger partial charge on any atom is 0.331 e. The van der Waals surface area contributed by atoms with Crippen molar-refractivity contribution in [2.75, 3.05) is 7.11 Å². The first kappa shape index (κ1) is 41.6. The van der Waals surface area contributed by atoms with Gasteiger partial charge in [0.05, 0.1) is 35.9 Å². The Bertz CT molecular complexity index is 1670. The highest BCUT2D eigenvalue weighted by Crippen LogP contribution is 2.71. The van der Waals surface area contributed by atoms with Crippen molar-refractivity contribution in [3.8, 4) is 0 Å². The highest BCUT2D eigenvalue weighted by atomic mass is 16.7. The first-order chi connectivity index (χ1) is 26.4. The Morgan fingerprint density at radius 3 is 2.29 bits per heavy atom. The second-order valence-corrected chi connectivity index (χ2v) is 17.7. The lowest BCUT2D eigenvalue weighted by Gasteiger charge is -2.67. The summed E-state index contributed by atoms with van der Waals surface area (Å²) in [6.07, 6.45) is 0.642. The first-order valence-electron chi connectivity index (χ1n) is 20.2. The van der Waals surface area contributed by atoms with Crippen LogP contribution in [0.1, 0.15) is 98.0 Å². The number of carbonyl (C=O) groups excluding carboxylic acids is 2. The Kier molecular flexibility index (Phi) is 11.3. The molecule has 0 radical (unpaired) electrons. The minimum absolute atomic E-state index is 0.0451. The van der Waals surface area contributed by atoms with E-state index in [0.29, 0.717) is 25.7 Å². The van der Waals surface area contributed by atoms with Crippen molar-refractivity contribution >= 4 is 17.8 Å². The normalized spacial score (nSPS) is 47.7. The zero-order valence-corrected chi connectivity index (χ0v) is 33.3. The van der Waals surface area contributed by atoms with Crippen LogP contribution < -0.4 is 0 Å². The fraction of sp³-hybridized carbons (Fsp3) is 0.721. The van der Waals surface area contributed by atoms with E-state index in [4.69, 9.17) is 28.4 Å². The monoisotopic (exact) mass is 784 g/mol. The van der Waals surface area contributed by atoms with E-state index in [2.05, 4.69) is 6.92 Å². The van der Waals surface area contributed by atoms with E-state index in [9.17, 15) is 35.1 Å². The zero-order chi connectivity index (χ0) is 40.4. The second kappa shape index (κ2) is 15.2. The quantitative estimate of drug-likeness (QED) is 0.139. The summed E-state index contributed by atoms with van der Waals surface area (Å²) in [6.45, 7) is 8.50. The van der Waals surface area contributed by atoms with Gasteiger partial charge in [-0.3, -0.25) is 4.79 Å². The molecule has 56 heavy (non-hydrogen) atoms. The molecule has 4 aliphatic carbocycles. The van der Waals surface area contributed by atoms with Crippen LogP contribution in [0.5, 0.6) is 0 Å². The smallest absolute Gasteiger partial charge is 0.331 e. The molecule has 16 unspecified atom stereocenters. The summed E-state index contributed by atoms with van der Waals surface area (Å²) in [5.41, 5.74) is -6.19. The maximum absolute atomic E-state index is 13.4. The Balaban J connectivity index is 1.07. The van der Waals surface area contributed by atoms with Crippen molar-refractivity contribution in [1.29, 1.82) is 0 Å². The topological polar surface area (TPSA) is 191 Å². The van der Waals surface area contributed by atoms with Crippen molar-refractivity contribution in [3.05, 3.63) is 53.6 Å². The van der Waals surface area contributed by atoms with Crippen LogP contribution in [-0.2, 0) is 38.0 Å². The average molecular weight is 785 g/mol. The molecule has 1 aromatic carbocycles. The lowest BCUT2D eigenvalue weighted by atomic mass is 9.42. The van der Waals surface area contributed by atoms with Gasteiger partial charge in [0.15, 0.2) is 18.4 Å². The molecular formula is C43H60O13. The van der Waals surface area contributed by atoms with Crippen LogP contribution >= 0.6 is 0 Å². The van der Waals surface area contributed by atoms with Crippen molar-refractivity contribution in [2.24, 2.45) is 16.7 Å². The molecule has 0 spiro atoms. The van der Waals surface area contributed by atoms with Gasteiger partial charge in [0.2, 0.25) is 0 Å². The van der Waals surface area contributed by atoms with Gasteiger partial charge in [-0.2, -0.15) is 0 Å². The number of hydrogen-bond acceptors (Lipinski definition) is 13. The third kappa shape index (κ3) is 6.64. The number of fused-ring (bicyclic) bond motifs is 5. The van der Waals surface area contributed by atoms with Crippen molar-refractivity contribution in [3.63, 3.8) is 0 Å². The fourth-order valence-electron chi connectivity index (χ4n) is 11.4. The number of aliphatic hydroxyl groups excluding tert-OH is 2. The Morgan fingerprint density at radius 2 is 1.61 bits per heavy atom. The lowest BCUT2D eigenvalue weighted by Crippen LogP contribution is -2.78. The summed E-state index contributed by atoms with van der Waals surface area (Å²) in [4.78, 5) is 26.6. The highest BCUT2D eigenvalue weighted by molar-refractivity contribution is 5.88. The van der Waals surface area contributed by atoms with Crippen molar-refractivity contribution in [2.45, 2.75) is 171 Å². The summed E-state index contributed by atoms with van der Waals surface area (Å²) in [5.74, 6) is -1.79. The molecule has 16 atom stereocenters. The minimum Gasteiger partial charge on any atom is -0.458 e. The summed E-state index contributed by atoms with van der Waals surface area (Å²) in [5, 5.41) is 59.2. The predicted octanol–water partition coefficient (Wildman–Crippen LogP) is 3.51. The second-order valence-electron chi connectivity index (χ2n) is 17.7. The van der Waals surface area contributed by atoms with Crippen LogP contribution in [0.15, 0.2) is 48.1 Å². The van der Waals surface area contributed by atoms with Gasteiger partial charge < -0.3 is 54.0 Å². The molecule has 1 aromatic rings. The molecule has 0 amide bonds. The van der Waals surface area contributed by atoms with Crippen LogP contribution in [0.4, 0.5) is 0 Å². The van der Waals surface area contributed by atoms with Crippen LogP contribution in [0.2, 0.25) is 0 Å². The number of methoxy groups -OCH3 is 1. The standard InChI is InChI=1S/C43H60O13/c1-24-37(47)31(51-6)22-36(52-24)56-38-25(2)53-35(21-30(38)45)54-29-15-16-39(4)28(20-29)14-17-42(49)32(39)23-33(55-34(46)13-12-27-10-8-7-9-11-27)40(5)41(48,26(3)44)18-19-43(40,42)50/h7-14,24-25,29-33,35-38,45,47-50H,15-23H2,1-6H3. The largest absolute Gasteiger partial charge is 0.458 e. The van der Waals surface area contributed by atoms with E-state index in [-0.39, 0.29) is 38.2 Å². The van der Waals surface area contributed by atoms with Gasteiger partial charge in [-0.1, -0.05) is 48.9 Å². The zero-order valence-electron chi connectivity index (χ0n) is 33.3. The lowest BCUT2D eigenvalue weighted by molar-refractivity contribution is -0.320. The molecule has 2 heterocycles. The minimum atomic E-state index is -2.03. The van der Waals surface area contributed by atoms with Gasteiger partial charge in [-0.05, 0) is 89.7 Å². The maximum atomic E-state index is 13.4. The molecule has 2 saturated heterocycles. The summed E-state index contributed by atoms with van der Waals surface area (Å²) < 4.78 is 36.3. The number of ether oxygens (including phenoxy) is 6. The number of Topliss-reactive ketones (excluding diaryl/α,β-unsaturated/α-hetero) is 1. The molecule has 13 nitrogen and oxygen atoms in total. The van der Waals surface area contributed by atoms with Crippen LogP contribution in [-0.4, -0.2) is 123 Å². The van der Waals surface area contributed by atoms with E-state index in [1.807, 2.05) is 43.3 Å². The van der Waals surface area contributed by atoms with Gasteiger partial charge in [0.25, 0.3) is 0 Å². The van der Waals surface area contributed by atoms with E-state index in [1.165, 1.54) is 20.1 Å². The predicted molar refractivity (Wildman–Crippen MR) is 201 cm³/mol. The van der Waals surface area contributed by atoms with E-state index in [1.54, 1.807) is 19.9 Å². The first-order valence-corrected chi connectivity index (χ1v) is 20.2. The number of esters is 1. The number of rotatable bonds is 9. The van der Waals surface area contributed by atoms with Crippen molar-refractivity contribution in [1.82, 2.24) is 0 Å². The van der Waals surface area contributed by atoms with Gasteiger partial charge >= 0.3 is 5.97 Å². The summed E-state index contributed by atoms with van der Waals surface area (Å²) in [7, 11) is 1.53. The number of ketones is 1. The van der Waals surface area contributed by atoms with E-state index in [0.717, 1.165) is 11.1 Å². The molecule has 0 bridgehead atoms. The van der Waals surface area contributed by atoms with Gasteiger partial charge in [-0.15, -0.1) is 0 Å². The third-order valence-electron chi connectivity index (χ3n) is 14.9. The highest BCUT2D eigenvalue weighted by Gasteiger charge is 2.81. The average Bonchev–Trinajstić information content (AvgIpc) is 3.39. The molecule has 3 saturated carbocycles. The van der Waals surface area contributed by atoms with Gasteiger partial charge in [0.1, 0.15) is 35.1 Å². The number of hydrogen-bond donors (Lipinski definition) is 5. The SMILES string of the molecule is COC1CC(OC2C(O)CC(OC3CCC4(C)C(=CCC5(O)C4CC(OC(=O)C=Cc4ccccc4)C4(C)C(O)(C(C)=O)CCC54O)C3)OC2C)OC(C)C1O. The van der Waals surface area contributed by atoms with Crippen LogP contribution in [0.25, 0.3) is 6.08 Å². The third-order valence-corrected chi connectivity index (χ3v) is 14.9. The molecule has 0 aromatic heterocycles. The Hall–Kier alpha value is -2.56. The molecule has 5 fully saturated rings. The number of aliphatic hydroxyl groups is 5. The summed E-state index contributed by atoms with van der Waals surface area (Å²) in [6, 6.07) is 9.27. The molecule has 13 heteroatoms. The molecule has 310 valence electrons. The van der Waals surface area contributed by atoms with Crippen molar-refractivity contribution < 1.29 is 63.5 Å². The van der Waals surface area contributed by atoms with Crippen LogP contribution in [0, 0.1) is 16.7 Å². The molecular weight excluding hydrogens is 724 g/mol. The van der Waals surface area contributed by atoms with Gasteiger partial charge in [0, 0.05) is 31.9 Å². The Labute approximate surface area is 328 Å². The number of benzene rings is 1. The Morgan fingerprint density at radius 1 is 0.911 bits per heavy atom. The van der Waals surface area contributed by atoms with E-state index < -0.39 is 101 Å². The van der Waals surface area contributed by atoms with Crippen LogP contribution in [0.3, 0.4) is 0 Å². The molecule has 7 rings (SSSR count). The summed E-state index contributed by atoms with van der Waals surface area (Å²) >= 11 is 0.